The molecule has 0 saturated carbocycles. The number of nitrogens with one attached hydrogen (secondary N) is 2. The van der Waals surface area contributed by atoms with Gasteiger partial charge in [0.2, 0.25) is 5.13 Å². The molecular formula is C23H32N6S. The highest BCUT2D eigenvalue weighted by Gasteiger charge is 2.06. The summed E-state index contributed by atoms with van der Waals surface area (Å²) < 4.78 is 0. The van der Waals surface area contributed by atoms with Crippen molar-refractivity contribution in [2.75, 3.05) is 10.6 Å². The van der Waals surface area contributed by atoms with Gasteiger partial charge in [-0.3, -0.25) is 0 Å². The molecule has 0 aliphatic carbocycles. The van der Waals surface area contributed by atoms with Gasteiger partial charge in [0, 0.05) is 24.2 Å². The van der Waals surface area contributed by atoms with E-state index >= 15 is 0 Å². The van der Waals surface area contributed by atoms with Crippen LogP contribution in [-0.2, 0) is 12.8 Å². The summed E-state index contributed by atoms with van der Waals surface area (Å²) in [5.74, 6) is 0.724. The van der Waals surface area contributed by atoms with E-state index in [1.165, 1.54) is 5.57 Å². The first kappa shape index (κ1) is 23.5. The van der Waals surface area contributed by atoms with Crippen LogP contribution in [0.25, 0.3) is 0 Å². The van der Waals surface area contributed by atoms with Crippen molar-refractivity contribution in [3.05, 3.63) is 71.2 Å². The van der Waals surface area contributed by atoms with Gasteiger partial charge in [0.05, 0.1) is 5.69 Å². The molecule has 2 aromatic rings. The molecule has 0 saturated heterocycles. The van der Waals surface area contributed by atoms with Crippen LogP contribution in [-0.4, -0.2) is 20.4 Å². The van der Waals surface area contributed by atoms with Gasteiger partial charge in [-0.2, -0.15) is 5.10 Å². The molecule has 0 unspecified atom stereocenters. The van der Waals surface area contributed by atoms with Gasteiger partial charge in [-0.1, -0.05) is 49.6 Å². The number of aromatic nitrogens is 4. The Balaban J connectivity index is 1.71. The standard InChI is InChI=1S/C23H32N6S/c1-7-17(4)14-18(5)15-19(6)25-23-29-28-22(30-23)11-9-8-10-20-12-13-21(27-26-20)24-16(2)3/h12-14H,2,5-11,15H2,1,3-4H3,(H,24,27)(H,25,29)/b17-14+. The lowest BCUT2D eigenvalue weighted by atomic mass is 10.1. The van der Waals surface area contributed by atoms with Crippen molar-refractivity contribution in [1.82, 2.24) is 20.4 Å². The van der Waals surface area contributed by atoms with Crippen molar-refractivity contribution >= 4 is 22.3 Å². The van der Waals surface area contributed by atoms with Crippen LogP contribution in [0.1, 0.15) is 57.2 Å². The molecule has 0 bridgehead atoms. The van der Waals surface area contributed by atoms with Gasteiger partial charge in [-0.15, -0.1) is 15.3 Å². The molecular weight excluding hydrogens is 392 g/mol. The molecule has 7 heteroatoms. The second kappa shape index (κ2) is 12.0. The molecule has 0 fully saturated rings. The lowest BCUT2D eigenvalue weighted by molar-refractivity contribution is 0.707. The van der Waals surface area contributed by atoms with Crippen LogP contribution in [0.3, 0.4) is 0 Å². The summed E-state index contributed by atoms with van der Waals surface area (Å²) in [5, 5.41) is 25.0. The van der Waals surface area contributed by atoms with Gasteiger partial charge in [0.1, 0.15) is 5.01 Å². The molecule has 0 aromatic carbocycles. The molecule has 2 heterocycles. The molecule has 30 heavy (non-hydrogen) atoms. The van der Waals surface area contributed by atoms with Crippen LogP contribution in [0.15, 0.2) is 60.5 Å². The predicted octanol–water partition coefficient (Wildman–Crippen LogP) is 6.07. The summed E-state index contributed by atoms with van der Waals surface area (Å²) in [6, 6.07) is 3.93. The first-order valence-electron chi connectivity index (χ1n) is 10.2. The first-order chi connectivity index (χ1) is 14.4. The summed E-state index contributed by atoms with van der Waals surface area (Å²) >= 11 is 1.58. The quantitative estimate of drug-likeness (QED) is 0.300. The largest absolute Gasteiger partial charge is 0.343 e. The SMILES string of the molecule is C=C(/C=C(\C)CC)CC(=C)Nc1nnc(CCCCc2ccc(NC(=C)C)nn2)s1. The zero-order chi connectivity index (χ0) is 21.9. The predicted molar refractivity (Wildman–Crippen MR) is 128 cm³/mol. The second-order valence-electron chi connectivity index (χ2n) is 7.43. The Bertz CT molecular complexity index is 895. The summed E-state index contributed by atoms with van der Waals surface area (Å²) in [4.78, 5) is 0. The molecule has 2 rings (SSSR count). The molecule has 0 aliphatic rings. The fraction of sp³-hybridized carbons (Fsp3) is 0.391. The van der Waals surface area contributed by atoms with Crippen molar-refractivity contribution in [1.29, 1.82) is 0 Å². The molecule has 0 amide bonds. The van der Waals surface area contributed by atoms with Crippen molar-refractivity contribution in [2.45, 2.75) is 59.3 Å². The van der Waals surface area contributed by atoms with E-state index in [0.717, 1.165) is 70.7 Å². The van der Waals surface area contributed by atoms with Gasteiger partial charge < -0.3 is 10.6 Å². The van der Waals surface area contributed by atoms with Gasteiger partial charge in [-0.25, -0.2) is 0 Å². The smallest absolute Gasteiger partial charge is 0.209 e. The molecule has 6 nitrogen and oxygen atoms in total. The number of anilines is 2. The number of unbranched alkanes of at least 4 members (excludes halogenated alkanes) is 1. The molecule has 0 atom stereocenters. The molecule has 0 aliphatic heterocycles. The lowest BCUT2D eigenvalue weighted by Crippen LogP contribution is -2.00. The molecule has 2 N–H and O–H groups in total. The summed E-state index contributed by atoms with van der Waals surface area (Å²) in [7, 11) is 0. The Hall–Kier alpha value is -2.80. The van der Waals surface area contributed by atoms with E-state index < -0.39 is 0 Å². The van der Waals surface area contributed by atoms with Gasteiger partial charge in [-0.05, 0) is 57.2 Å². The van der Waals surface area contributed by atoms with Gasteiger partial charge >= 0.3 is 0 Å². The Morgan fingerprint density at radius 3 is 2.43 bits per heavy atom. The van der Waals surface area contributed by atoms with E-state index in [1.807, 2.05) is 19.1 Å². The highest BCUT2D eigenvalue weighted by molar-refractivity contribution is 7.15. The Labute approximate surface area is 183 Å². The molecule has 2 aromatic heterocycles. The van der Waals surface area contributed by atoms with E-state index in [-0.39, 0.29) is 0 Å². The minimum Gasteiger partial charge on any atom is -0.343 e. The van der Waals surface area contributed by atoms with E-state index in [2.05, 4.69) is 70.7 Å². The number of hydrogen-bond acceptors (Lipinski definition) is 7. The number of rotatable bonds is 13. The zero-order valence-corrected chi connectivity index (χ0v) is 19.1. The van der Waals surface area contributed by atoms with E-state index in [9.17, 15) is 0 Å². The number of nitrogens with zero attached hydrogens (tertiary/aromatic N) is 4. The lowest BCUT2D eigenvalue weighted by Gasteiger charge is -2.07. The highest BCUT2D eigenvalue weighted by Crippen LogP contribution is 2.21. The van der Waals surface area contributed by atoms with Crippen LogP contribution in [0.4, 0.5) is 10.9 Å². The van der Waals surface area contributed by atoms with Crippen LogP contribution in [0, 0.1) is 0 Å². The average Bonchev–Trinajstić information content (AvgIpc) is 3.12. The average molecular weight is 425 g/mol. The van der Waals surface area contributed by atoms with Crippen molar-refractivity contribution < 1.29 is 0 Å². The Morgan fingerprint density at radius 1 is 1.00 bits per heavy atom. The molecule has 160 valence electrons. The summed E-state index contributed by atoms with van der Waals surface area (Å²) in [5.41, 5.74) is 5.08. The fourth-order valence-corrected chi connectivity index (χ4v) is 3.57. The van der Waals surface area contributed by atoms with Crippen LogP contribution in [0.5, 0.6) is 0 Å². The summed E-state index contributed by atoms with van der Waals surface area (Å²) in [6.45, 7) is 18.1. The van der Waals surface area contributed by atoms with E-state index in [0.29, 0.717) is 6.42 Å². The highest BCUT2D eigenvalue weighted by atomic mass is 32.1. The minimum atomic E-state index is 0.702. The maximum Gasteiger partial charge on any atom is 0.209 e. The van der Waals surface area contributed by atoms with Gasteiger partial charge in [0.15, 0.2) is 5.82 Å². The third-order valence-corrected chi connectivity index (χ3v) is 5.23. The summed E-state index contributed by atoms with van der Waals surface area (Å²) in [6.07, 6.45) is 7.71. The maximum absolute atomic E-state index is 4.28. The first-order valence-corrected chi connectivity index (χ1v) is 11.0. The third-order valence-electron chi connectivity index (χ3n) is 4.33. The topological polar surface area (TPSA) is 75.6 Å². The number of hydrogen-bond donors (Lipinski definition) is 2. The maximum atomic E-state index is 4.28. The molecule has 0 radical (unpaired) electrons. The van der Waals surface area contributed by atoms with Crippen LogP contribution in [0.2, 0.25) is 0 Å². The van der Waals surface area contributed by atoms with Gasteiger partial charge in [0.25, 0.3) is 0 Å². The second-order valence-corrected chi connectivity index (χ2v) is 8.49. The Morgan fingerprint density at radius 2 is 1.77 bits per heavy atom. The minimum absolute atomic E-state index is 0.702. The third kappa shape index (κ3) is 8.69. The van der Waals surface area contributed by atoms with Crippen LogP contribution < -0.4 is 10.6 Å². The van der Waals surface area contributed by atoms with E-state index in [4.69, 9.17) is 0 Å². The van der Waals surface area contributed by atoms with Crippen molar-refractivity contribution in [3.8, 4) is 0 Å². The van der Waals surface area contributed by atoms with E-state index in [1.54, 1.807) is 11.3 Å². The van der Waals surface area contributed by atoms with Crippen LogP contribution >= 0.6 is 11.3 Å². The number of allylic oxidation sites excluding steroid dienone is 4. The van der Waals surface area contributed by atoms with Crippen molar-refractivity contribution in [2.24, 2.45) is 0 Å². The zero-order valence-electron chi connectivity index (χ0n) is 18.3. The van der Waals surface area contributed by atoms with Crippen molar-refractivity contribution in [3.63, 3.8) is 0 Å². The fourth-order valence-electron chi connectivity index (χ4n) is 2.74. The Kier molecular flexibility index (Phi) is 9.41. The number of aryl methyl sites for hydroxylation is 2. The molecule has 0 spiro atoms. The monoisotopic (exact) mass is 424 g/mol. The normalized spacial score (nSPS) is 11.2.